The lowest BCUT2D eigenvalue weighted by Gasteiger charge is -2.44. The molecular formula is C30H56NO2Si2+. The van der Waals surface area contributed by atoms with Gasteiger partial charge in [0, 0.05) is 30.4 Å². The molecule has 0 radical (unpaired) electrons. The Bertz CT molecular complexity index is 862. The van der Waals surface area contributed by atoms with Crippen LogP contribution in [0.15, 0.2) is 22.8 Å². The average molecular weight is 519 g/mol. The summed E-state index contributed by atoms with van der Waals surface area (Å²) in [6, 6.07) is 0. The maximum Gasteiger partial charge on any atom is 0.192 e. The molecule has 2 atom stereocenters. The van der Waals surface area contributed by atoms with Crippen molar-refractivity contribution in [2.75, 3.05) is 19.7 Å². The first kappa shape index (κ1) is 29.1. The Morgan fingerprint density at radius 1 is 0.971 bits per heavy atom. The third-order valence-corrected chi connectivity index (χ3v) is 19.1. The van der Waals surface area contributed by atoms with Gasteiger partial charge in [-0.25, -0.2) is 4.58 Å². The largest absolute Gasteiger partial charge is 0.416 e. The molecule has 5 heteroatoms. The van der Waals surface area contributed by atoms with Gasteiger partial charge >= 0.3 is 0 Å². The van der Waals surface area contributed by atoms with E-state index in [1.54, 1.807) is 11.1 Å². The summed E-state index contributed by atoms with van der Waals surface area (Å²) in [5, 5.41) is 0.493. The van der Waals surface area contributed by atoms with Crippen LogP contribution in [0.25, 0.3) is 0 Å². The van der Waals surface area contributed by atoms with Crippen molar-refractivity contribution < 1.29 is 13.4 Å². The van der Waals surface area contributed by atoms with Crippen molar-refractivity contribution in [3.05, 3.63) is 22.8 Å². The van der Waals surface area contributed by atoms with Gasteiger partial charge in [-0.1, -0.05) is 60.1 Å². The van der Waals surface area contributed by atoms with Crippen molar-refractivity contribution in [2.24, 2.45) is 5.41 Å². The van der Waals surface area contributed by atoms with E-state index >= 15 is 0 Å². The summed E-state index contributed by atoms with van der Waals surface area (Å²) in [5.41, 5.74) is 4.85. The molecule has 200 valence electrons. The molecule has 0 spiro atoms. The highest BCUT2D eigenvalue weighted by molar-refractivity contribution is 6.74. The summed E-state index contributed by atoms with van der Waals surface area (Å²) in [6.45, 7) is 29.5. The van der Waals surface area contributed by atoms with Crippen LogP contribution in [0.4, 0.5) is 0 Å². The van der Waals surface area contributed by atoms with Gasteiger partial charge in [0.25, 0.3) is 0 Å². The predicted molar refractivity (Wildman–Crippen MR) is 157 cm³/mol. The molecule has 0 N–H and O–H groups in total. The minimum absolute atomic E-state index is 0.126. The minimum Gasteiger partial charge on any atom is -0.416 e. The quantitative estimate of drug-likeness (QED) is 0.249. The van der Waals surface area contributed by atoms with Crippen LogP contribution >= 0.6 is 0 Å². The van der Waals surface area contributed by atoms with Gasteiger partial charge in [0.15, 0.2) is 22.8 Å². The van der Waals surface area contributed by atoms with Gasteiger partial charge in [-0.2, -0.15) is 0 Å². The van der Waals surface area contributed by atoms with Crippen LogP contribution in [0, 0.1) is 5.41 Å². The zero-order valence-electron chi connectivity index (χ0n) is 25.1. The summed E-state index contributed by atoms with van der Waals surface area (Å²) < 4.78 is 16.4. The molecule has 0 amide bonds. The molecule has 0 unspecified atom stereocenters. The molecule has 0 aromatic rings. The summed E-state index contributed by atoms with van der Waals surface area (Å²) in [5.74, 6) is 0. The van der Waals surface area contributed by atoms with Crippen molar-refractivity contribution in [1.82, 2.24) is 0 Å². The number of fused-ring (bicyclic) bond motifs is 1. The van der Waals surface area contributed by atoms with Crippen molar-refractivity contribution in [2.45, 2.75) is 136 Å². The Labute approximate surface area is 219 Å². The van der Waals surface area contributed by atoms with E-state index in [1.165, 1.54) is 44.3 Å². The molecule has 2 aliphatic carbocycles. The van der Waals surface area contributed by atoms with Gasteiger partial charge in [-0.05, 0) is 73.9 Å². The van der Waals surface area contributed by atoms with E-state index in [0.29, 0.717) is 6.10 Å². The second-order valence-electron chi connectivity index (χ2n) is 14.7. The number of piperidine rings is 1. The number of hydrogen-bond acceptors (Lipinski definition) is 2. The highest BCUT2D eigenvalue weighted by Gasteiger charge is 2.50. The maximum atomic E-state index is 7.10. The zero-order valence-corrected chi connectivity index (χ0v) is 27.1. The maximum absolute atomic E-state index is 7.10. The molecular weight excluding hydrogens is 463 g/mol. The second-order valence-corrected chi connectivity index (χ2v) is 24.3. The molecule has 1 heterocycles. The topological polar surface area (TPSA) is 21.5 Å². The molecule has 2 fully saturated rings. The fraction of sp³-hybridized carbons (Fsp3) is 0.833. The molecule has 1 aliphatic heterocycles. The van der Waals surface area contributed by atoms with Crippen LogP contribution in [-0.4, -0.2) is 53.2 Å². The highest BCUT2D eigenvalue weighted by atomic mass is 28.4. The van der Waals surface area contributed by atoms with Gasteiger partial charge in [-0.3, -0.25) is 0 Å². The molecule has 3 rings (SSSR count). The third-order valence-electron chi connectivity index (χ3n) is 10.1. The van der Waals surface area contributed by atoms with Crippen molar-refractivity contribution >= 4 is 22.8 Å². The van der Waals surface area contributed by atoms with Crippen LogP contribution in [0.3, 0.4) is 0 Å². The van der Waals surface area contributed by atoms with E-state index in [1.807, 2.05) is 0 Å². The normalized spacial score (nSPS) is 26.7. The Hall–Kier alpha value is -0.496. The summed E-state index contributed by atoms with van der Waals surface area (Å²) in [6.07, 6.45) is 13.9. The molecule has 1 saturated carbocycles. The van der Waals surface area contributed by atoms with E-state index in [2.05, 4.69) is 91.5 Å². The molecule has 35 heavy (non-hydrogen) atoms. The smallest absolute Gasteiger partial charge is 0.192 e. The van der Waals surface area contributed by atoms with Crippen LogP contribution in [-0.2, 0) is 8.85 Å². The number of nitrogens with zero attached hydrogens (tertiary/aromatic N) is 1. The minimum atomic E-state index is -1.82. The monoisotopic (exact) mass is 518 g/mol. The van der Waals surface area contributed by atoms with Crippen LogP contribution < -0.4 is 0 Å². The second kappa shape index (κ2) is 10.3. The van der Waals surface area contributed by atoms with E-state index < -0.39 is 16.6 Å². The van der Waals surface area contributed by atoms with E-state index in [9.17, 15) is 0 Å². The SMILES string of the molecule is CC(C)(C)[Si](C)(C)OCCC1=C2CC[C@H](O[Si](C)(C)C(C)(C)C)[C@@]2(C)CC=C1C=[N+]1CCCCC1. The Morgan fingerprint density at radius 2 is 1.57 bits per heavy atom. The molecule has 3 nitrogen and oxygen atoms in total. The number of allylic oxidation sites excluding steroid dienone is 2. The van der Waals surface area contributed by atoms with Crippen LogP contribution in [0.5, 0.6) is 0 Å². The summed E-state index contributed by atoms with van der Waals surface area (Å²) >= 11 is 0. The molecule has 3 aliphatic rings. The van der Waals surface area contributed by atoms with Crippen LogP contribution in [0.2, 0.25) is 36.3 Å². The first-order chi connectivity index (χ1) is 16.0. The lowest BCUT2D eigenvalue weighted by atomic mass is 9.72. The van der Waals surface area contributed by atoms with Gasteiger partial charge in [-0.15, -0.1) is 0 Å². The first-order valence-electron chi connectivity index (χ1n) is 14.3. The fourth-order valence-electron chi connectivity index (χ4n) is 5.46. The standard InChI is InChI=1S/C30H56NO2Si2/c1-28(2,3)34(8,9)32-22-18-25-24(23-31-20-13-12-14-21-31)17-19-30(7)26(25)15-16-27(30)33-35(10,11)29(4,5)6/h17,23,27H,12-16,18-22H2,1-11H3/q+1/t27-,30-/m0/s1. The van der Waals surface area contributed by atoms with E-state index in [0.717, 1.165) is 25.9 Å². The molecule has 0 aromatic heterocycles. The van der Waals surface area contributed by atoms with E-state index in [-0.39, 0.29) is 15.5 Å². The lowest BCUT2D eigenvalue weighted by Crippen LogP contribution is -2.47. The Kier molecular flexibility index (Phi) is 8.59. The van der Waals surface area contributed by atoms with Crippen LogP contribution in [0.1, 0.15) is 93.4 Å². The number of rotatable bonds is 7. The van der Waals surface area contributed by atoms with Gasteiger partial charge in [0.2, 0.25) is 0 Å². The van der Waals surface area contributed by atoms with Crippen molar-refractivity contribution in [3.63, 3.8) is 0 Å². The fourth-order valence-corrected chi connectivity index (χ4v) is 7.95. The first-order valence-corrected chi connectivity index (χ1v) is 20.1. The van der Waals surface area contributed by atoms with E-state index in [4.69, 9.17) is 8.85 Å². The van der Waals surface area contributed by atoms with Crippen molar-refractivity contribution in [1.29, 1.82) is 0 Å². The predicted octanol–water partition coefficient (Wildman–Crippen LogP) is 8.48. The molecule has 0 bridgehead atoms. The van der Waals surface area contributed by atoms with Gasteiger partial charge in [0.1, 0.15) is 13.1 Å². The van der Waals surface area contributed by atoms with Crippen molar-refractivity contribution in [3.8, 4) is 0 Å². The van der Waals surface area contributed by atoms with Gasteiger partial charge in [0.05, 0.1) is 6.10 Å². The summed E-state index contributed by atoms with van der Waals surface area (Å²) in [4.78, 5) is 0. The molecule has 0 aromatic carbocycles. The molecule has 1 saturated heterocycles. The lowest BCUT2D eigenvalue weighted by molar-refractivity contribution is -0.532. The average Bonchev–Trinajstić information content (AvgIpc) is 3.04. The van der Waals surface area contributed by atoms with Gasteiger partial charge < -0.3 is 8.85 Å². The highest BCUT2D eigenvalue weighted by Crippen LogP contribution is 2.54. The Balaban J connectivity index is 1.90. The Morgan fingerprint density at radius 3 is 2.14 bits per heavy atom. The zero-order chi connectivity index (χ0) is 26.3. The summed E-state index contributed by atoms with van der Waals surface area (Å²) in [7, 11) is -3.57. The number of hydrogen-bond donors (Lipinski definition) is 0. The third kappa shape index (κ3) is 6.33.